The molecule has 3 heteroatoms. The van der Waals surface area contributed by atoms with Crippen LogP contribution in [0.25, 0.3) is 11.1 Å². The van der Waals surface area contributed by atoms with Gasteiger partial charge in [-0.2, -0.15) is 0 Å². The van der Waals surface area contributed by atoms with Gasteiger partial charge in [0, 0.05) is 30.0 Å². The highest BCUT2D eigenvalue weighted by Crippen LogP contribution is 2.31. The van der Waals surface area contributed by atoms with E-state index in [-0.39, 0.29) is 0 Å². The van der Waals surface area contributed by atoms with Gasteiger partial charge in [-0.1, -0.05) is 12.1 Å². The fourth-order valence-corrected chi connectivity index (χ4v) is 2.71. The Bertz CT molecular complexity index is 619. The third kappa shape index (κ3) is 2.67. The van der Waals surface area contributed by atoms with Crippen LogP contribution in [0.15, 0.2) is 55.0 Å². The predicted molar refractivity (Wildman–Crippen MR) is 83.2 cm³/mol. The Labute approximate surface area is 119 Å². The Morgan fingerprint density at radius 1 is 1.15 bits per heavy atom. The molecule has 0 spiro atoms. The summed E-state index contributed by atoms with van der Waals surface area (Å²) in [5.41, 5.74) is 10.5. The van der Waals surface area contributed by atoms with E-state index in [1.54, 1.807) is 0 Å². The maximum atomic E-state index is 6.08. The molecule has 0 radical (unpaired) electrons. The van der Waals surface area contributed by atoms with E-state index >= 15 is 0 Å². The number of hydrogen-bond acceptors (Lipinski definition) is 3. The van der Waals surface area contributed by atoms with E-state index in [4.69, 9.17) is 5.73 Å². The second-order valence-corrected chi connectivity index (χ2v) is 5.39. The number of pyridine rings is 1. The molecule has 1 aliphatic rings. The summed E-state index contributed by atoms with van der Waals surface area (Å²) in [6, 6.07) is 10.9. The van der Waals surface area contributed by atoms with Crippen molar-refractivity contribution in [1.82, 2.24) is 10.3 Å². The summed E-state index contributed by atoms with van der Waals surface area (Å²) in [6.07, 6.45) is 8.98. The van der Waals surface area contributed by atoms with Crippen LogP contribution in [-0.2, 0) is 0 Å². The topological polar surface area (TPSA) is 50.9 Å². The summed E-state index contributed by atoms with van der Waals surface area (Å²) in [5, 5.41) is 3.32. The number of nitrogens with one attached hydrogen (secondary N) is 1. The molecule has 3 nitrogen and oxygen atoms in total. The van der Waals surface area contributed by atoms with Crippen LogP contribution >= 0.6 is 0 Å². The lowest BCUT2D eigenvalue weighted by Gasteiger charge is -2.24. The molecule has 2 heterocycles. The highest BCUT2D eigenvalue weighted by atomic mass is 14.9. The molecule has 2 unspecified atom stereocenters. The molecule has 1 aliphatic heterocycles. The number of aromatic nitrogens is 1. The van der Waals surface area contributed by atoms with Gasteiger partial charge in [-0.25, -0.2) is 0 Å². The molecule has 20 heavy (non-hydrogen) atoms. The lowest BCUT2D eigenvalue weighted by Crippen LogP contribution is -2.26. The van der Waals surface area contributed by atoms with Crippen molar-refractivity contribution in [2.24, 2.45) is 0 Å². The minimum Gasteiger partial charge on any atom is -0.399 e. The zero-order valence-corrected chi connectivity index (χ0v) is 11.6. The van der Waals surface area contributed by atoms with Crippen LogP contribution in [0, 0.1) is 0 Å². The monoisotopic (exact) mass is 265 g/mol. The molecule has 0 saturated carbocycles. The highest BCUT2D eigenvalue weighted by Gasteiger charge is 2.16. The second kappa shape index (κ2) is 5.37. The van der Waals surface area contributed by atoms with Gasteiger partial charge >= 0.3 is 0 Å². The molecule has 2 aromatic rings. The van der Waals surface area contributed by atoms with Gasteiger partial charge in [0.15, 0.2) is 0 Å². The van der Waals surface area contributed by atoms with Crippen molar-refractivity contribution >= 4 is 5.69 Å². The molecule has 3 rings (SSSR count). The number of anilines is 1. The van der Waals surface area contributed by atoms with Gasteiger partial charge in [-0.05, 0) is 60.5 Å². The number of nitrogen functional groups attached to an aromatic ring is 1. The number of rotatable bonds is 2. The van der Waals surface area contributed by atoms with E-state index < -0.39 is 0 Å². The van der Waals surface area contributed by atoms with Crippen LogP contribution in [0.3, 0.4) is 0 Å². The van der Waals surface area contributed by atoms with Gasteiger partial charge in [0.1, 0.15) is 0 Å². The highest BCUT2D eigenvalue weighted by molar-refractivity contribution is 5.68. The lowest BCUT2D eigenvalue weighted by atomic mass is 9.88. The van der Waals surface area contributed by atoms with Crippen LogP contribution in [-0.4, -0.2) is 11.0 Å². The maximum Gasteiger partial charge on any atom is 0.0323 e. The van der Waals surface area contributed by atoms with Gasteiger partial charge in [0.05, 0.1) is 0 Å². The van der Waals surface area contributed by atoms with E-state index in [0.29, 0.717) is 12.0 Å². The first-order chi connectivity index (χ1) is 9.72. The Morgan fingerprint density at radius 2 is 1.95 bits per heavy atom. The smallest absolute Gasteiger partial charge is 0.0323 e. The Morgan fingerprint density at radius 3 is 2.70 bits per heavy atom. The molecule has 1 aromatic carbocycles. The standard InChI is InChI=1S/C17H19N3/c1-12-8-14(4-7-20-12)16-9-15(10-17(18)11-16)13-2-5-19-6-3-13/h2-7,9-12,14,20H,8,18H2,1H3. The minimum absolute atomic E-state index is 0.426. The molecule has 0 saturated heterocycles. The third-order valence-electron chi connectivity index (χ3n) is 3.74. The summed E-state index contributed by atoms with van der Waals surface area (Å²) >= 11 is 0. The summed E-state index contributed by atoms with van der Waals surface area (Å²) < 4.78 is 0. The van der Waals surface area contributed by atoms with Crippen molar-refractivity contribution in [1.29, 1.82) is 0 Å². The van der Waals surface area contributed by atoms with E-state index in [1.807, 2.05) is 36.8 Å². The van der Waals surface area contributed by atoms with Crippen LogP contribution in [0.1, 0.15) is 24.8 Å². The van der Waals surface area contributed by atoms with Gasteiger partial charge in [0.2, 0.25) is 0 Å². The first-order valence-electron chi connectivity index (χ1n) is 6.96. The third-order valence-corrected chi connectivity index (χ3v) is 3.74. The van der Waals surface area contributed by atoms with E-state index in [0.717, 1.165) is 23.2 Å². The van der Waals surface area contributed by atoms with Crippen LogP contribution in [0.2, 0.25) is 0 Å². The van der Waals surface area contributed by atoms with Crippen molar-refractivity contribution in [3.63, 3.8) is 0 Å². The predicted octanol–water partition coefficient (Wildman–Crippen LogP) is 3.31. The minimum atomic E-state index is 0.426. The number of hydrogen-bond donors (Lipinski definition) is 2. The number of nitrogens with two attached hydrogens (primary N) is 1. The van der Waals surface area contributed by atoms with Crippen LogP contribution in [0.4, 0.5) is 5.69 Å². The average molecular weight is 265 g/mol. The average Bonchev–Trinajstić information content (AvgIpc) is 2.47. The van der Waals surface area contributed by atoms with Crippen molar-refractivity contribution < 1.29 is 0 Å². The summed E-state index contributed by atoms with van der Waals surface area (Å²) in [7, 11) is 0. The summed E-state index contributed by atoms with van der Waals surface area (Å²) in [4.78, 5) is 4.06. The van der Waals surface area contributed by atoms with Crippen molar-refractivity contribution in [2.75, 3.05) is 5.73 Å². The van der Waals surface area contributed by atoms with E-state index in [2.05, 4.69) is 35.4 Å². The zero-order valence-electron chi connectivity index (χ0n) is 11.6. The summed E-state index contributed by atoms with van der Waals surface area (Å²) in [6.45, 7) is 2.20. The first-order valence-corrected chi connectivity index (χ1v) is 6.96. The molecule has 102 valence electrons. The van der Waals surface area contributed by atoms with Crippen molar-refractivity contribution in [3.05, 3.63) is 60.6 Å². The number of benzene rings is 1. The van der Waals surface area contributed by atoms with Gasteiger partial charge in [-0.15, -0.1) is 0 Å². The Hall–Kier alpha value is -2.29. The molecule has 1 aromatic heterocycles. The molecule has 0 amide bonds. The number of nitrogens with zero attached hydrogens (tertiary/aromatic N) is 1. The molecule has 3 N–H and O–H groups in total. The van der Waals surface area contributed by atoms with Gasteiger partial charge in [-0.3, -0.25) is 4.98 Å². The Kier molecular flexibility index (Phi) is 3.42. The molecule has 2 atom stereocenters. The second-order valence-electron chi connectivity index (χ2n) is 5.39. The zero-order chi connectivity index (χ0) is 13.9. The molecule has 0 fully saturated rings. The van der Waals surface area contributed by atoms with Crippen molar-refractivity contribution in [3.8, 4) is 11.1 Å². The van der Waals surface area contributed by atoms with Crippen LogP contribution in [0.5, 0.6) is 0 Å². The van der Waals surface area contributed by atoms with E-state index in [1.165, 1.54) is 5.56 Å². The fraction of sp³-hybridized carbons (Fsp3) is 0.235. The SMILES string of the molecule is CC1CC(c2cc(N)cc(-c3ccncc3)c2)C=CN1. The Balaban J connectivity index is 1.99. The summed E-state index contributed by atoms with van der Waals surface area (Å²) in [5.74, 6) is 0.426. The molecule has 0 bridgehead atoms. The van der Waals surface area contributed by atoms with Gasteiger partial charge < -0.3 is 11.1 Å². The van der Waals surface area contributed by atoms with E-state index in [9.17, 15) is 0 Å². The van der Waals surface area contributed by atoms with Crippen molar-refractivity contribution in [2.45, 2.75) is 25.3 Å². The van der Waals surface area contributed by atoms with Crippen LogP contribution < -0.4 is 11.1 Å². The lowest BCUT2D eigenvalue weighted by molar-refractivity contribution is 0.528. The molecule has 0 aliphatic carbocycles. The maximum absolute atomic E-state index is 6.08. The van der Waals surface area contributed by atoms with Gasteiger partial charge in [0.25, 0.3) is 0 Å². The first kappa shape index (κ1) is 12.7. The normalized spacial score (nSPS) is 21.4. The largest absolute Gasteiger partial charge is 0.399 e. The fourth-order valence-electron chi connectivity index (χ4n) is 2.71. The number of allylic oxidation sites excluding steroid dienone is 1. The quantitative estimate of drug-likeness (QED) is 0.819. The molecular weight excluding hydrogens is 246 g/mol. The molecular formula is C17H19N3.